The van der Waals surface area contributed by atoms with E-state index in [1.54, 1.807) is 44.2 Å². The van der Waals surface area contributed by atoms with E-state index in [0.717, 1.165) is 0 Å². The van der Waals surface area contributed by atoms with Crippen molar-refractivity contribution in [2.24, 2.45) is 0 Å². The van der Waals surface area contributed by atoms with Crippen molar-refractivity contribution in [3.05, 3.63) is 53.4 Å². The van der Waals surface area contributed by atoms with Crippen LogP contribution in [0.5, 0.6) is 5.75 Å². The van der Waals surface area contributed by atoms with Crippen molar-refractivity contribution in [2.75, 3.05) is 6.54 Å². The molecular formula is C16H18ClNO4. The first kappa shape index (κ1) is 16.4. The highest BCUT2D eigenvalue weighted by Gasteiger charge is 2.30. The molecule has 0 bridgehead atoms. The molecule has 1 heterocycles. The molecule has 5 nitrogen and oxygen atoms in total. The number of rotatable bonds is 6. The molecule has 22 heavy (non-hydrogen) atoms. The quantitative estimate of drug-likeness (QED) is 0.857. The average Bonchev–Trinajstić information content (AvgIpc) is 3.01. The summed E-state index contributed by atoms with van der Waals surface area (Å²) in [6, 6.07) is 8.41. The number of furan rings is 1. The Morgan fingerprint density at radius 1 is 1.36 bits per heavy atom. The first-order valence-electron chi connectivity index (χ1n) is 6.81. The van der Waals surface area contributed by atoms with Crippen molar-refractivity contribution in [3.63, 3.8) is 0 Å². The maximum Gasteiger partial charge on any atom is 0.263 e. The largest absolute Gasteiger partial charge is 0.478 e. The van der Waals surface area contributed by atoms with Gasteiger partial charge in [0.2, 0.25) is 0 Å². The van der Waals surface area contributed by atoms with E-state index in [-0.39, 0.29) is 12.5 Å². The summed E-state index contributed by atoms with van der Waals surface area (Å²) >= 11 is 5.81. The van der Waals surface area contributed by atoms with Gasteiger partial charge in [0.15, 0.2) is 5.60 Å². The standard InChI is InChI=1S/C16H18ClNO4/c1-16(2,22-13-5-3-12(17)4-6-13)15(20)18-9-14(19)11-7-8-21-10-11/h3-8,10,14,19H,9H2,1-2H3,(H,18,20). The molecule has 118 valence electrons. The fraction of sp³-hybridized carbons (Fsp3) is 0.312. The molecule has 0 spiro atoms. The number of benzene rings is 1. The number of carbonyl (C=O) groups excluding carboxylic acids is 1. The van der Waals surface area contributed by atoms with Crippen LogP contribution in [-0.2, 0) is 4.79 Å². The van der Waals surface area contributed by atoms with Crippen molar-refractivity contribution < 1.29 is 19.1 Å². The van der Waals surface area contributed by atoms with Crippen molar-refractivity contribution in [1.82, 2.24) is 5.32 Å². The van der Waals surface area contributed by atoms with E-state index in [9.17, 15) is 9.90 Å². The summed E-state index contributed by atoms with van der Waals surface area (Å²) in [4.78, 5) is 12.2. The Kier molecular flexibility index (Phi) is 5.11. The second-order valence-corrected chi connectivity index (χ2v) is 5.79. The maximum absolute atomic E-state index is 12.2. The number of halogens is 1. The van der Waals surface area contributed by atoms with Crippen LogP contribution >= 0.6 is 11.6 Å². The highest BCUT2D eigenvalue weighted by atomic mass is 35.5. The molecule has 0 aliphatic rings. The highest BCUT2D eigenvalue weighted by Crippen LogP contribution is 2.21. The molecule has 0 saturated heterocycles. The average molecular weight is 324 g/mol. The van der Waals surface area contributed by atoms with Crippen molar-refractivity contribution in [3.8, 4) is 5.75 Å². The smallest absolute Gasteiger partial charge is 0.263 e. The third kappa shape index (κ3) is 4.26. The summed E-state index contributed by atoms with van der Waals surface area (Å²) in [7, 11) is 0. The Labute approximate surface area is 133 Å². The van der Waals surface area contributed by atoms with Gasteiger partial charge in [-0.15, -0.1) is 0 Å². The summed E-state index contributed by atoms with van der Waals surface area (Å²) in [5.41, 5.74) is -0.471. The molecule has 6 heteroatoms. The lowest BCUT2D eigenvalue weighted by atomic mass is 10.1. The van der Waals surface area contributed by atoms with Gasteiger partial charge in [-0.1, -0.05) is 11.6 Å². The first-order valence-corrected chi connectivity index (χ1v) is 7.19. The zero-order chi connectivity index (χ0) is 16.2. The monoisotopic (exact) mass is 323 g/mol. The van der Waals surface area contributed by atoms with Gasteiger partial charge in [0.1, 0.15) is 5.75 Å². The Morgan fingerprint density at radius 3 is 2.64 bits per heavy atom. The van der Waals surface area contributed by atoms with Crippen LogP contribution in [0.4, 0.5) is 0 Å². The van der Waals surface area contributed by atoms with E-state index in [1.807, 2.05) is 0 Å². The molecule has 0 fully saturated rings. The van der Waals surface area contributed by atoms with Crippen LogP contribution in [0.3, 0.4) is 0 Å². The van der Waals surface area contributed by atoms with Gasteiger partial charge in [0.25, 0.3) is 5.91 Å². The molecule has 1 amide bonds. The topological polar surface area (TPSA) is 71.7 Å². The minimum absolute atomic E-state index is 0.0752. The predicted molar refractivity (Wildman–Crippen MR) is 82.8 cm³/mol. The SMILES string of the molecule is CC(C)(Oc1ccc(Cl)cc1)C(=O)NCC(O)c1ccoc1. The van der Waals surface area contributed by atoms with E-state index in [4.69, 9.17) is 20.8 Å². The number of nitrogens with one attached hydrogen (secondary N) is 1. The van der Waals surface area contributed by atoms with Gasteiger partial charge in [-0.3, -0.25) is 4.79 Å². The molecule has 0 radical (unpaired) electrons. The van der Waals surface area contributed by atoms with Gasteiger partial charge in [-0.05, 0) is 44.2 Å². The number of amides is 1. The number of carbonyl (C=O) groups is 1. The van der Waals surface area contributed by atoms with Crippen LogP contribution in [0.1, 0.15) is 25.5 Å². The van der Waals surface area contributed by atoms with Crippen LogP contribution in [-0.4, -0.2) is 23.2 Å². The molecule has 1 aromatic carbocycles. The molecule has 2 rings (SSSR count). The van der Waals surface area contributed by atoms with E-state index in [2.05, 4.69) is 5.32 Å². The third-order valence-electron chi connectivity index (χ3n) is 3.12. The van der Waals surface area contributed by atoms with Gasteiger partial charge in [0, 0.05) is 17.1 Å². The van der Waals surface area contributed by atoms with Crippen LogP contribution in [0, 0.1) is 0 Å². The lowest BCUT2D eigenvalue weighted by Crippen LogP contribution is -2.47. The Hall–Kier alpha value is -1.98. The second kappa shape index (κ2) is 6.85. The van der Waals surface area contributed by atoms with Crippen molar-refractivity contribution in [1.29, 1.82) is 0 Å². The Morgan fingerprint density at radius 2 is 2.05 bits per heavy atom. The molecule has 1 atom stereocenters. The fourth-order valence-electron chi connectivity index (χ4n) is 1.83. The van der Waals surface area contributed by atoms with Gasteiger partial charge < -0.3 is 19.6 Å². The normalized spacial score (nSPS) is 12.7. The molecule has 0 aliphatic heterocycles. The molecule has 2 aromatic rings. The molecule has 0 saturated carbocycles. The molecule has 2 N–H and O–H groups in total. The highest BCUT2D eigenvalue weighted by molar-refractivity contribution is 6.30. The summed E-state index contributed by atoms with van der Waals surface area (Å²) in [5.74, 6) is 0.213. The Bertz CT molecular complexity index is 608. The number of hydrogen-bond acceptors (Lipinski definition) is 4. The van der Waals surface area contributed by atoms with Crippen LogP contribution in [0.25, 0.3) is 0 Å². The third-order valence-corrected chi connectivity index (χ3v) is 3.37. The van der Waals surface area contributed by atoms with Gasteiger partial charge in [-0.2, -0.15) is 0 Å². The zero-order valence-corrected chi connectivity index (χ0v) is 13.1. The molecule has 1 aromatic heterocycles. The van der Waals surface area contributed by atoms with E-state index < -0.39 is 11.7 Å². The Balaban J connectivity index is 1.91. The lowest BCUT2D eigenvalue weighted by molar-refractivity contribution is -0.134. The predicted octanol–water partition coefficient (Wildman–Crippen LogP) is 2.94. The van der Waals surface area contributed by atoms with Crippen LogP contribution in [0.15, 0.2) is 47.3 Å². The van der Waals surface area contributed by atoms with E-state index in [0.29, 0.717) is 16.3 Å². The number of hydrogen-bond donors (Lipinski definition) is 2. The molecule has 1 unspecified atom stereocenters. The second-order valence-electron chi connectivity index (χ2n) is 5.35. The maximum atomic E-state index is 12.2. The van der Waals surface area contributed by atoms with Gasteiger partial charge in [-0.25, -0.2) is 0 Å². The van der Waals surface area contributed by atoms with Crippen LogP contribution < -0.4 is 10.1 Å². The molecular weight excluding hydrogens is 306 g/mol. The van der Waals surface area contributed by atoms with Crippen molar-refractivity contribution >= 4 is 17.5 Å². The number of aliphatic hydroxyl groups is 1. The molecule has 0 aliphatic carbocycles. The minimum atomic E-state index is -1.08. The van der Waals surface area contributed by atoms with E-state index in [1.165, 1.54) is 12.5 Å². The fourth-order valence-corrected chi connectivity index (χ4v) is 1.95. The summed E-state index contributed by atoms with van der Waals surface area (Å²) in [6.45, 7) is 3.38. The minimum Gasteiger partial charge on any atom is -0.478 e. The van der Waals surface area contributed by atoms with Gasteiger partial charge >= 0.3 is 0 Å². The van der Waals surface area contributed by atoms with E-state index >= 15 is 0 Å². The lowest BCUT2D eigenvalue weighted by Gasteiger charge is -2.26. The first-order chi connectivity index (χ1) is 10.4. The summed E-state index contributed by atoms with van der Waals surface area (Å²) in [5, 5.41) is 13.2. The number of ether oxygens (including phenoxy) is 1. The van der Waals surface area contributed by atoms with Gasteiger partial charge in [0.05, 0.1) is 18.6 Å². The summed E-state index contributed by atoms with van der Waals surface area (Å²) < 4.78 is 10.6. The number of aliphatic hydroxyl groups excluding tert-OH is 1. The zero-order valence-electron chi connectivity index (χ0n) is 12.4. The van der Waals surface area contributed by atoms with Crippen molar-refractivity contribution in [2.45, 2.75) is 25.6 Å². The summed E-state index contributed by atoms with van der Waals surface area (Å²) in [6.07, 6.45) is 2.08. The van der Waals surface area contributed by atoms with Crippen LogP contribution in [0.2, 0.25) is 5.02 Å².